The minimum absolute atomic E-state index is 0.287. The summed E-state index contributed by atoms with van der Waals surface area (Å²) in [6.07, 6.45) is 1.07. The molecule has 14 heavy (non-hydrogen) atoms. The van der Waals surface area contributed by atoms with E-state index >= 15 is 0 Å². The summed E-state index contributed by atoms with van der Waals surface area (Å²) in [6, 6.07) is 3.67. The second-order valence-corrected chi connectivity index (χ2v) is 4.52. The molecular weight excluding hydrogens is 291 g/mol. The van der Waals surface area contributed by atoms with Crippen LogP contribution in [0.1, 0.15) is 31.7 Å². The predicted molar refractivity (Wildman–Crippen MR) is 66.1 cm³/mol. The van der Waals surface area contributed by atoms with Gasteiger partial charge in [-0.2, -0.15) is 0 Å². The van der Waals surface area contributed by atoms with Gasteiger partial charge in [0.1, 0.15) is 11.5 Å². The maximum absolute atomic E-state index is 9.52. The SMILES string of the molecule is CCC(C)c1cc(I)c(O)cc1OC. The van der Waals surface area contributed by atoms with E-state index < -0.39 is 0 Å². The van der Waals surface area contributed by atoms with Crippen molar-refractivity contribution < 1.29 is 9.84 Å². The molecule has 1 aromatic carbocycles. The quantitative estimate of drug-likeness (QED) is 0.866. The molecule has 0 radical (unpaired) electrons. The number of hydrogen-bond donors (Lipinski definition) is 1. The highest BCUT2D eigenvalue weighted by atomic mass is 127. The molecule has 0 heterocycles. The Labute approximate surface area is 98.4 Å². The Morgan fingerprint density at radius 2 is 2.14 bits per heavy atom. The number of rotatable bonds is 3. The van der Waals surface area contributed by atoms with Gasteiger partial charge in [0.05, 0.1) is 10.7 Å². The lowest BCUT2D eigenvalue weighted by Crippen LogP contribution is -1.97. The van der Waals surface area contributed by atoms with Crippen LogP contribution >= 0.6 is 22.6 Å². The topological polar surface area (TPSA) is 29.5 Å². The zero-order valence-corrected chi connectivity index (χ0v) is 10.8. The van der Waals surface area contributed by atoms with E-state index in [0.29, 0.717) is 5.92 Å². The molecule has 0 aliphatic rings. The number of halogens is 1. The minimum atomic E-state index is 0.287. The van der Waals surface area contributed by atoms with Crippen molar-refractivity contribution in [3.05, 3.63) is 21.3 Å². The molecule has 0 bridgehead atoms. The summed E-state index contributed by atoms with van der Waals surface area (Å²) < 4.78 is 6.11. The first-order valence-corrected chi connectivity index (χ1v) is 5.74. The summed E-state index contributed by atoms with van der Waals surface area (Å²) in [5, 5.41) is 9.52. The van der Waals surface area contributed by atoms with Gasteiger partial charge < -0.3 is 9.84 Å². The molecule has 2 nitrogen and oxygen atoms in total. The van der Waals surface area contributed by atoms with Gasteiger partial charge in [-0.05, 0) is 46.6 Å². The second kappa shape index (κ2) is 4.87. The van der Waals surface area contributed by atoms with Crippen LogP contribution in [0.5, 0.6) is 11.5 Å². The lowest BCUT2D eigenvalue weighted by Gasteiger charge is -2.15. The van der Waals surface area contributed by atoms with E-state index in [9.17, 15) is 5.11 Å². The molecule has 1 aromatic rings. The molecule has 0 saturated carbocycles. The van der Waals surface area contributed by atoms with Gasteiger partial charge in [0, 0.05) is 6.07 Å². The highest BCUT2D eigenvalue weighted by Gasteiger charge is 2.12. The highest BCUT2D eigenvalue weighted by Crippen LogP contribution is 2.34. The predicted octanol–water partition coefficient (Wildman–Crippen LogP) is 3.52. The third-order valence-electron chi connectivity index (χ3n) is 2.44. The summed E-state index contributed by atoms with van der Waals surface area (Å²) >= 11 is 2.13. The van der Waals surface area contributed by atoms with Crippen LogP contribution < -0.4 is 4.74 Å². The third kappa shape index (κ3) is 2.32. The van der Waals surface area contributed by atoms with Crippen LogP contribution in [0, 0.1) is 3.57 Å². The monoisotopic (exact) mass is 306 g/mol. The highest BCUT2D eigenvalue weighted by molar-refractivity contribution is 14.1. The van der Waals surface area contributed by atoms with Crippen molar-refractivity contribution in [1.82, 2.24) is 0 Å². The summed E-state index contributed by atoms with van der Waals surface area (Å²) in [4.78, 5) is 0. The fraction of sp³-hybridized carbons (Fsp3) is 0.455. The van der Waals surface area contributed by atoms with Gasteiger partial charge in [0.2, 0.25) is 0 Å². The van der Waals surface area contributed by atoms with Crippen LogP contribution in [-0.2, 0) is 0 Å². The van der Waals surface area contributed by atoms with Crippen LogP contribution in [-0.4, -0.2) is 12.2 Å². The summed E-state index contributed by atoms with van der Waals surface area (Å²) in [6.45, 7) is 4.30. The first-order valence-electron chi connectivity index (χ1n) is 4.66. The van der Waals surface area contributed by atoms with Crippen molar-refractivity contribution in [2.45, 2.75) is 26.2 Å². The van der Waals surface area contributed by atoms with Gasteiger partial charge in [0.25, 0.3) is 0 Å². The Kier molecular flexibility index (Phi) is 4.04. The Hall–Kier alpha value is -0.450. The van der Waals surface area contributed by atoms with Gasteiger partial charge in [0.15, 0.2) is 0 Å². The average Bonchev–Trinajstić information content (AvgIpc) is 2.20. The van der Waals surface area contributed by atoms with E-state index in [2.05, 4.69) is 36.4 Å². The summed E-state index contributed by atoms with van der Waals surface area (Å²) in [5.74, 6) is 1.52. The molecule has 1 unspecified atom stereocenters. The van der Waals surface area contributed by atoms with E-state index in [1.54, 1.807) is 13.2 Å². The minimum Gasteiger partial charge on any atom is -0.507 e. The van der Waals surface area contributed by atoms with Crippen LogP contribution in [0.15, 0.2) is 12.1 Å². The number of hydrogen-bond acceptors (Lipinski definition) is 2. The molecular formula is C11H15IO2. The van der Waals surface area contributed by atoms with Crippen molar-refractivity contribution in [2.24, 2.45) is 0 Å². The molecule has 0 spiro atoms. The van der Waals surface area contributed by atoms with E-state index in [4.69, 9.17) is 4.74 Å². The number of ether oxygens (including phenoxy) is 1. The normalized spacial score (nSPS) is 12.6. The van der Waals surface area contributed by atoms with E-state index in [1.807, 2.05) is 6.07 Å². The average molecular weight is 306 g/mol. The summed E-state index contributed by atoms with van der Waals surface area (Å²) in [5.41, 5.74) is 1.16. The van der Waals surface area contributed by atoms with Crippen LogP contribution in [0.2, 0.25) is 0 Å². The lowest BCUT2D eigenvalue weighted by atomic mass is 9.97. The third-order valence-corrected chi connectivity index (χ3v) is 3.31. The van der Waals surface area contributed by atoms with E-state index in [1.165, 1.54) is 0 Å². The maximum Gasteiger partial charge on any atom is 0.132 e. The number of phenolic OH excluding ortho intramolecular Hbond substituents is 1. The molecule has 1 N–H and O–H groups in total. The van der Waals surface area contributed by atoms with Crippen molar-refractivity contribution in [3.8, 4) is 11.5 Å². The van der Waals surface area contributed by atoms with Gasteiger partial charge in [-0.15, -0.1) is 0 Å². The van der Waals surface area contributed by atoms with Gasteiger partial charge in [-0.3, -0.25) is 0 Å². The second-order valence-electron chi connectivity index (χ2n) is 3.35. The van der Waals surface area contributed by atoms with Crippen molar-refractivity contribution in [3.63, 3.8) is 0 Å². The van der Waals surface area contributed by atoms with Gasteiger partial charge in [-0.25, -0.2) is 0 Å². The number of benzene rings is 1. The molecule has 1 rings (SSSR count). The Morgan fingerprint density at radius 1 is 1.50 bits per heavy atom. The first kappa shape index (κ1) is 11.6. The molecule has 0 aromatic heterocycles. The lowest BCUT2D eigenvalue weighted by molar-refractivity contribution is 0.398. The molecule has 0 aliphatic carbocycles. The fourth-order valence-electron chi connectivity index (χ4n) is 1.34. The number of aromatic hydroxyl groups is 1. The molecule has 3 heteroatoms. The molecule has 78 valence electrons. The van der Waals surface area contributed by atoms with Crippen molar-refractivity contribution in [1.29, 1.82) is 0 Å². The molecule has 1 atom stereocenters. The zero-order chi connectivity index (χ0) is 10.7. The largest absolute Gasteiger partial charge is 0.507 e. The van der Waals surface area contributed by atoms with Crippen molar-refractivity contribution in [2.75, 3.05) is 7.11 Å². The Balaban J connectivity index is 3.19. The van der Waals surface area contributed by atoms with Crippen LogP contribution in [0.3, 0.4) is 0 Å². The van der Waals surface area contributed by atoms with Crippen LogP contribution in [0.4, 0.5) is 0 Å². The fourth-order valence-corrected chi connectivity index (χ4v) is 1.83. The summed E-state index contributed by atoms with van der Waals surface area (Å²) in [7, 11) is 1.63. The van der Waals surface area contributed by atoms with E-state index in [-0.39, 0.29) is 5.75 Å². The molecule has 0 fully saturated rings. The number of methoxy groups -OCH3 is 1. The van der Waals surface area contributed by atoms with Crippen LogP contribution in [0.25, 0.3) is 0 Å². The Morgan fingerprint density at radius 3 is 2.64 bits per heavy atom. The zero-order valence-electron chi connectivity index (χ0n) is 8.67. The van der Waals surface area contributed by atoms with E-state index in [0.717, 1.165) is 21.3 Å². The smallest absolute Gasteiger partial charge is 0.132 e. The van der Waals surface area contributed by atoms with Gasteiger partial charge >= 0.3 is 0 Å². The number of phenols is 1. The molecule has 0 aliphatic heterocycles. The van der Waals surface area contributed by atoms with Crippen molar-refractivity contribution >= 4 is 22.6 Å². The first-order chi connectivity index (χ1) is 6.60. The Bertz CT molecular complexity index is 323. The maximum atomic E-state index is 9.52. The molecule has 0 amide bonds. The van der Waals surface area contributed by atoms with Gasteiger partial charge in [-0.1, -0.05) is 13.8 Å². The molecule has 0 saturated heterocycles. The standard InChI is InChI=1S/C11H15IO2/c1-4-7(2)8-5-9(12)10(13)6-11(8)14-3/h5-7,13H,4H2,1-3H3.